The fourth-order valence-corrected chi connectivity index (χ4v) is 4.61. The van der Waals surface area contributed by atoms with Gasteiger partial charge in [0.1, 0.15) is 17.3 Å². The third-order valence-corrected chi connectivity index (χ3v) is 6.33. The van der Waals surface area contributed by atoms with Crippen LogP contribution in [0.15, 0.2) is 54.0 Å². The highest BCUT2D eigenvalue weighted by molar-refractivity contribution is 7.15. The second-order valence-corrected chi connectivity index (χ2v) is 8.57. The summed E-state index contributed by atoms with van der Waals surface area (Å²) in [5.74, 6) is -1.21. The highest BCUT2D eigenvalue weighted by Gasteiger charge is 2.35. The van der Waals surface area contributed by atoms with Crippen molar-refractivity contribution >= 4 is 39.8 Å². The van der Waals surface area contributed by atoms with Crippen molar-refractivity contribution in [3.05, 3.63) is 76.5 Å². The highest BCUT2D eigenvalue weighted by atomic mass is 32.1. The topological polar surface area (TPSA) is 93.0 Å². The predicted molar refractivity (Wildman–Crippen MR) is 125 cm³/mol. The Bertz CT molecular complexity index is 1430. The molecule has 0 spiro atoms. The number of hydrogen-bond donors (Lipinski definition) is 1. The van der Waals surface area contributed by atoms with E-state index in [9.17, 15) is 18.8 Å². The van der Waals surface area contributed by atoms with Gasteiger partial charge in [0.2, 0.25) is 0 Å². The van der Waals surface area contributed by atoms with Gasteiger partial charge < -0.3 is 10.1 Å². The van der Waals surface area contributed by atoms with Crippen molar-refractivity contribution in [3.8, 4) is 11.3 Å². The Morgan fingerprint density at radius 2 is 1.88 bits per heavy atom. The number of nitrogens with one attached hydrogen (secondary N) is 1. The van der Waals surface area contributed by atoms with Crippen molar-refractivity contribution in [2.75, 3.05) is 25.6 Å². The number of halogens is 1. The normalized spacial score (nSPS) is 13.1. The maximum Gasteiger partial charge on any atom is 0.261 e. The van der Waals surface area contributed by atoms with Gasteiger partial charge in [0.25, 0.3) is 17.7 Å². The highest BCUT2D eigenvalue weighted by Crippen LogP contribution is 2.32. The molecule has 0 radical (unpaired) electrons. The van der Waals surface area contributed by atoms with Gasteiger partial charge in [-0.2, -0.15) is 0 Å². The van der Waals surface area contributed by atoms with Crippen molar-refractivity contribution in [2.45, 2.75) is 6.42 Å². The van der Waals surface area contributed by atoms with Gasteiger partial charge in [-0.15, -0.1) is 11.3 Å². The molecule has 34 heavy (non-hydrogen) atoms. The van der Waals surface area contributed by atoms with Gasteiger partial charge in [-0.25, -0.2) is 9.37 Å². The maximum atomic E-state index is 13.4. The number of ether oxygens (including phenoxy) is 1. The maximum absolute atomic E-state index is 13.4. The molecule has 172 valence electrons. The number of imide groups is 1. The van der Waals surface area contributed by atoms with Gasteiger partial charge in [0.05, 0.1) is 11.1 Å². The molecule has 3 heterocycles. The monoisotopic (exact) mass is 478 g/mol. The third kappa shape index (κ3) is 3.76. The molecule has 0 saturated heterocycles. The lowest BCUT2D eigenvalue weighted by Crippen LogP contribution is -2.31. The third-order valence-electron chi connectivity index (χ3n) is 5.57. The van der Waals surface area contributed by atoms with E-state index in [0.717, 1.165) is 0 Å². The number of methoxy groups -OCH3 is 1. The number of hydrogen-bond acceptors (Lipinski definition) is 6. The molecule has 4 aromatic rings. The molecule has 0 fully saturated rings. The lowest BCUT2D eigenvalue weighted by atomic mass is 10.1. The Morgan fingerprint density at radius 3 is 2.65 bits per heavy atom. The minimum atomic E-state index is -0.461. The number of aromatic nitrogens is 2. The summed E-state index contributed by atoms with van der Waals surface area (Å²) in [4.78, 5) is 45.0. The first-order valence-electron chi connectivity index (χ1n) is 10.5. The minimum Gasteiger partial charge on any atom is -0.385 e. The van der Waals surface area contributed by atoms with Crippen molar-refractivity contribution in [3.63, 3.8) is 0 Å². The lowest BCUT2D eigenvalue weighted by Gasteiger charge is -2.12. The molecular formula is C24H19FN4O4S. The average Bonchev–Trinajstić information content (AvgIpc) is 3.49. The van der Waals surface area contributed by atoms with Crippen molar-refractivity contribution < 1.29 is 23.5 Å². The molecule has 1 aliphatic heterocycles. The molecule has 1 aliphatic rings. The van der Waals surface area contributed by atoms with E-state index < -0.39 is 11.8 Å². The number of thiazole rings is 1. The van der Waals surface area contributed by atoms with Gasteiger partial charge in [0, 0.05) is 43.0 Å². The van der Waals surface area contributed by atoms with Crippen molar-refractivity contribution in [1.82, 2.24) is 14.3 Å². The number of carbonyl (C=O) groups is 3. The van der Waals surface area contributed by atoms with Crippen LogP contribution in [-0.2, 0) is 4.74 Å². The van der Waals surface area contributed by atoms with Crippen LogP contribution in [-0.4, -0.2) is 52.3 Å². The zero-order valence-corrected chi connectivity index (χ0v) is 18.9. The van der Waals surface area contributed by atoms with Crippen LogP contribution in [0.1, 0.15) is 37.5 Å². The van der Waals surface area contributed by atoms with Crippen molar-refractivity contribution in [1.29, 1.82) is 0 Å². The van der Waals surface area contributed by atoms with Gasteiger partial charge >= 0.3 is 0 Å². The summed E-state index contributed by atoms with van der Waals surface area (Å²) < 4.78 is 20.1. The number of fused-ring (bicyclic) bond motifs is 2. The Balaban J connectivity index is 1.44. The Hall–Kier alpha value is -3.89. The summed E-state index contributed by atoms with van der Waals surface area (Å²) in [6.45, 7) is 0.675. The molecule has 2 aromatic carbocycles. The van der Waals surface area contributed by atoms with E-state index >= 15 is 0 Å². The van der Waals surface area contributed by atoms with Crippen LogP contribution in [0.5, 0.6) is 0 Å². The first-order valence-corrected chi connectivity index (χ1v) is 11.4. The molecule has 3 amide bonds. The summed E-state index contributed by atoms with van der Waals surface area (Å²) in [7, 11) is 1.55. The molecule has 0 aliphatic carbocycles. The molecule has 1 N–H and O–H groups in total. The van der Waals surface area contributed by atoms with Gasteiger partial charge in [-0.05, 0) is 48.9 Å². The minimum absolute atomic E-state index is 0.197. The zero-order valence-electron chi connectivity index (χ0n) is 18.1. The smallest absolute Gasteiger partial charge is 0.261 e. The Kier molecular flexibility index (Phi) is 5.68. The van der Waals surface area contributed by atoms with E-state index in [1.165, 1.54) is 46.6 Å². The standard InChI is InChI=1S/C24H19FN4O4S/c1-33-11-2-9-29-22(31)17-8-5-15(13-18(17)23(29)32)21(30)27-20-19(14-3-6-16(25)7-4-14)26-24-28(20)10-12-34-24/h3-8,10,12-13H,2,9,11H2,1H3,(H,27,30). The van der Waals surface area contributed by atoms with E-state index in [0.29, 0.717) is 35.1 Å². The summed E-state index contributed by atoms with van der Waals surface area (Å²) in [5.41, 5.74) is 1.85. The first-order chi connectivity index (χ1) is 16.5. The van der Waals surface area contributed by atoms with E-state index in [1.807, 2.05) is 5.38 Å². The van der Waals surface area contributed by atoms with Gasteiger partial charge in [0.15, 0.2) is 4.96 Å². The van der Waals surface area contributed by atoms with Crippen LogP contribution in [0.3, 0.4) is 0 Å². The average molecular weight is 479 g/mol. The number of amides is 3. The van der Waals surface area contributed by atoms with E-state index in [1.54, 1.807) is 29.8 Å². The van der Waals surface area contributed by atoms with Crippen LogP contribution in [0.4, 0.5) is 10.2 Å². The molecule has 5 rings (SSSR count). The molecule has 0 bridgehead atoms. The summed E-state index contributed by atoms with van der Waals surface area (Å²) in [6.07, 6.45) is 2.30. The number of rotatable bonds is 7. The van der Waals surface area contributed by atoms with Crippen LogP contribution < -0.4 is 5.32 Å². The molecule has 0 saturated carbocycles. The van der Waals surface area contributed by atoms with Gasteiger partial charge in [-0.3, -0.25) is 23.7 Å². The number of anilines is 1. The van der Waals surface area contributed by atoms with Gasteiger partial charge in [-0.1, -0.05) is 0 Å². The van der Waals surface area contributed by atoms with Crippen LogP contribution >= 0.6 is 11.3 Å². The fraction of sp³-hybridized carbons (Fsp3) is 0.167. The van der Waals surface area contributed by atoms with E-state index in [-0.39, 0.29) is 35.0 Å². The van der Waals surface area contributed by atoms with E-state index in [4.69, 9.17) is 4.74 Å². The Labute approximate surface area is 197 Å². The number of carbonyl (C=O) groups excluding carboxylic acids is 3. The summed E-state index contributed by atoms with van der Waals surface area (Å²) >= 11 is 1.40. The molecule has 8 nitrogen and oxygen atoms in total. The zero-order chi connectivity index (χ0) is 23.8. The van der Waals surface area contributed by atoms with E-state index in [2.05, 4.69) is 10.3 Å². The molecule has 0 unspecified atom stereocenters. The first kappa shape index (κ1) is 21.9. The number of imidazole rings is 1. The number of benzene rings is 2. The second kappa shape index (κ2) is 8.81. The SMILES string of the molecule is COCCCN1C(=O)c2ccc(C(=O)Nc3c(-c4ccc(F)cc4)nc4sccn34)cc2C1=O. The van der Waals surface area contributed by atoms with Crippen molar-refractivity contribution in [2.24, 2.45) is 0 Å². The largest absolute Gasteiger partial charge is 0.385 e. The van der Waals surface area contributed by atoms with Crippen LogP contribution in [0, 0.1) is 5.82 Å². The fourth-order valence-electron chi connectivity index (χ4n) is 3.90. The quantitative estimate of drug-likeness (QED) is 0.319. The summed E-state index contributed by atoms with van der Waals surface area (Å²) in [6, 6.07) is 10.3. The molecule has 10 heteroatoms. The Morgan fingerprint density at radius 1 is 1.12 bits per heavy atom. The second-order valence-electron chi connectivity index (χ2n) is 7.69. The number of nitrogens with zero attached hydrogens (tertiary/aromatic N) is 3. The molecule has 0 atom stereocenters. The molecule has 2 aromatic heterocycles. The summed E-state index contributed by atoms with van der Waals surface area (Å²) in [5, 5.41) is 4.71. The molecular weight excluding hydrogens is 459 g/mol. The van der Waals surface area contributed by atoms with Crippen LogP contribution in [0.25, 0.3) is 16.2 Å². The van der Waals surface area contributed by atoms with Crippen LogP contribution in [0.2, 0.25) is 0 Å². The lowest BCUT2D eigenvalue weighted by molar-refractivity contribution is 0.0638. The predicted octanol–water partition coefficient (Wildman–Crippen LogP) is 4.09.